The van der Waals surface area contributed by atoms with Gasteiger partial charge in [0, 0.05) is 11.1 Å². The SMILES string of the molecule is O=C([O-])c1cc(C(=O)[O-])c2cc(C(=O)[O-])cc(C(=O)[O-])c2c1. The molecule has 0 aliphatic heterocycles. The summed E-state index contributed by atoms with van der Waals surface area (Å²) in [5.74, 6) is -7.10. The lowest BCUT2D eigenvalue weighted by Gasteiger charge is -2.17. The molecular weight excluding hydrogens is 296 g/mol. The first-order chi connectivity index (χ1) is 10.2. The first-order valence-electron chi connectivity index (χ1n) is 5.69. The van der Waals surface area contributed by atoms with Crippen molar-refractivity contribution in [2.24, 2.45) is 0 Å². The normalized spacial score (nSPS) is 10.4. The maximum absolute atomic E-state index is 11.1. The standard InChI is InChI=1S/C14H8O8/c15-11(16)5-1-7-8(10(3-5)14(21)22)2-6(12(17)18)4-9(7)13(19)20/h1-4H,(H,15,16)(H,17,18)(H,19,20)(H,21,22)/p-4. The number of hydrogen-bond acceptors (Lipinski definition) is 8. The number of fused-ring (bicyclic) bond motifs is 1. The molecule has 2 aromatic rings. The van der Waals surface area contributed by atoms with Gasteiger partial charge in [0.1, 0.15) is 0 Å². The Balaban J connectivity index is 3.03. The number of carboxylic acids is 4. The second-order valence-corrected chi connectivity index (χ2v) is 4.29. The second kappa shape index (κ2) is 5.17. The number of aromatic carboxylic acids is 4. The lowest BCUT2D eigenvalue weighted by Crippen LogP contribution is -2.28. The molecule has 112 valence electrons. The van der Waals surface area contributed by atoms with Crippen molar-refractivity contribution in [3.05, 3.63) is 46.5 Å². The Bertz CT molecular complexity index is 778. The summed E-state index contributed by atoms with van der Waals surface area (Å²) < 4.78 is 0. The van der Waals surface area contributed by atoms with Crippen LogP contribution in [0.2, 0.25) is 0 Å². The van der Waals surface area contributed by atoms with Crippen LogP contribution in [0, 0.1) is 0 Å². The highest BCUT2D eigenvalue weighted by Gasteiger charge is 2.12. The molecule has 0 bridgehead atoms. The highest BCUT2D eigenvalue weighted by Crippen LogP contribution is 2.26. The zero-order valence-corrected chi connectivity index (χ0v) is 10.6. The summed E-state index contributed by atoms with van der Waals surface area (Å²) in [4.78, 5) is 44.0. The zero-order chi connectivity index (χ0) is 16.6. The van der Waals surface area contributed by atoms with Gasteiger partial charge < -0.3 is 39.6 Å². The molecule has 0 unspecified atom stereocenters. The summed E-state index contributed by atoms with van der Waals surface area (Å²) in [6.07, 6.45) is 0. The van der Waals surface area contributed by atoms with Crippen LogP contribution in [0.15, 0.2) is 24.3 Å². The molecule has 0 radical (unpaired) electrons. The fourth-order valence-electron chi connectivity index (χ4n) is 2.04. The van der Waals surface area contributed by atoms with Crippen molar-refractivity contribution < 1.29 is 39.6 Å². The van der Waals surface area contributed by atoms with Crippen LogP contribution >= 0.6 is 0 Å². The van der Waals surface area contributed by atoms with Crippen LogP contribution < -0.4 is 20.4 Å². The molecule has 0 heterocycles. The average molecular weight is 300 g/mol. The van der Waals surface area contributed by atoms with Crippen molar-refractivity contribution in [3.63, 3.8) is 0 Å². The smallest absolute Gasteiger partial charge is 0.0721 e. The van der Waals surface area contributed by atoms with Crippen molar-refractivity contribution in [3.8, 4) is 0 Å². The molecule has 0 saturated carbocycles. The van der Waals surface area contributed by atoms with Crippen LogP contribution in [0.5, 0.6) is 0 Å². The lowest BCUT2D eigenvalue weighted by molar-refractivity contribution is -0.257. The lowest BCUT2D eigenvalue weighted by atomic mass is 9.94. The quantitative estimate of drug-likeness (QED) is 0.557. The first-order valence-corrected chi connectivity index (χ1v) is 5.69. The molecule has 0 spiro atoms. The minimum absolute atomic E-state index is 0.328. The number of benzene rings is 2. The number of carboxylic acid groups (broad SMARTS) is 4. The van der Waals surface area contributed by atoms with E-state index in [0.29, 0.717) is 12.1 Å². The van der Waals surface area contributed by atoms with Gasteiger partial charge >= 0.3 is 0 Å². The largest absolute Gasteiger partial charge is 0.545 e. The third-order valence-corrected chi connectivity index (χ3v) is 2.98. The predicted molar refractivity (Wildman–Crippen MR) is 61.3 cm³/mol. The maximum Gasteiger partial charge on any atom is 0.0721 e. The third-order valence-electron chi connectivity index (χ3n) is 2.98. The molecule has 0 aliphatic rings. The molecule has 2 rings (SSSR count). The Morgan fingerprint density at radius 1 is 0.545 bits per heavy atom. The molecule has 8 heteroatoms. The van der Waals surface area contributed by atoms with E-state index in [0.717, 1.165) is 12.1 Å². The number of rotatable bonds is 4. The van der Waals surface area contributed by atoms with Crippen LogP contribution in [0.3, 0.4) is 0 Å². The van der Waals surface area contributed by atoms with Crippen LogP contribution in [-0.2, 0) is 0 Å². The second-order valence-electron chi connectivity index (χ2n) is 4.29. The van der Waals surface area contributed by atoms with Crippen molar-refractivity contribution in [2.75, 3.05) is 0 Å². The molecule has 0 amide bonds. The molecule has 0 aromatic heterocycles. The molecular formula is C14H4O8-4. The topological polar surface area (TPSA) is 161 Å². The van der Waals surface area contributed by atoms with Gasteiger partial charge in [-0.25, -0.2) is 0 Å². The summed E-state index contributed by atoms with van der Waals surface area (Å²) in [7, 11) is 0. The van der Waals surface area contributed by atoms with E-state index in [1.165, 1.54) is 0 Å². The van der Waals surface area contributed by atoms with Gasteiger partial charge in [0.2, 0.25) is 0 Å². The van der Waals surface area contributed by atoms with E-state index in [-0.39, 0.29) is 10.8 Å². The van der Waals surface area contributed by atoms with Crippen LogP contribution in [0.25, 0.3) is 10.8 Å². The van der Waals surface area contributed by atoms with Gasteiger partial charge in [-0.1, -0.05) is 0 Å². The van der Waals surface area contributed by atoms with Gasteiger partial charge in [-0.05, 0) is 46.2 Å². The van der Waals surface area contributed by atoms with E-state index in [4.69, 9.17) is 0 Å². The summed E-state index contributed by atoms with van der Waals surface area (Å²) in [6, 6.07) is 3.07. The third kappa shape index (κ3) is 2.44. The van der Waals surface area contributed by atoms with Crippen LogP contribution in [0.4, 0.5) is 0 Å². The van der Waals surface area contributed by atoms with Crippen LogP contribution in [0.1, 0.15) is 41.4 Å². The zero-order valence-electron chi connectivity index (χ0n) is 10.6. The van der Waals surface area contributed by atoms with Crippen LogP contribution in [-0.4, -0.2) is 23.9 Å². The Hall–Kier alpha value is -3.42. The Morgan fingerprint density at radius 3 is 1.09 bits per heavy atom. The molecule has 0 fully saturated rings. The van der Waals surface area contributed by atoms with E-state index >= 15 is 0 Å². The molecule has 8 nitrogen and oxygen atoms in total. The summed E-state index contributed by atoms with van der Waals surface area (Å²) in [5.41, 5.74) is -2.59. The Morgan fingerprint density at radius 2 is 0.864 bits per heavy atom. The average Bonchev–Trinajstić information content (AvgIpc) is 2.44. The first kappa shape index (κ1) is 15.0. The van der Waals surface area contributed by atoms with Crippen molar-refractivity contribution in [1.29, 1.82) is 0 Å². The fourth-order valence-corrected chi connectivity index (χ4v) is 2.04. The van der Waals surface area contributed by atoms with E-state index in [1.807, 2.05) is 0 Å². The van der Waals surface area contributed by atoms with E-state index in [2.05, 4.69) is 0 Å². The Kier molecular flexibility index (Phi) is 3.52. The van der Waals surface area contributed by atoms with Gasteiger partial charge in [-0.15, -0.1) is 0 Å². The fraction of sp³-hybridized carbons (Fsp3) is 0. The van der Waals surface area contributed by atoms with Crippen molar-refractivity contribution in [2.45, 2.75) is 0 Å². The van der Waals surface area contributed by atoms with E-state index in [9.17, 15) is 39.6 Å². The minimum atomic E-state index is -1.81. The molecule has 0 aliphatic carbocycles. The van der Waals surface area contributed by atoms with Gasteiger partial charge in [0.25, 0.3) is 0 Å². The van der Waals surface area contributed by atoms with Gasteiger partial charge in [-0.2, -0.15) is 0 Å². The Labute approximate surface area is 121 Å². The van der Waals surface area contributed by atoms with Crippen molar-refractivity contribution in [1.82, 2.24) is 0 Å². The number of carbonyl (C=O) groups excluding carboxylic acids is 4. The van der Waals surface area contributed by atoms with Gasteiger partial charge in [-0.3, -0.25) is 0 Å². The van der Waals surface area contributed by atoms with Gasteiger partial charge in [0.15, 0.2) is 0 Å². The monoisotopic (exact) mass is 300 g/mol. The van der Waals surface area contributed by atoms with Gasteiger partial charge in [0.05, 0.1) is 23.9 Å². The molecule has 0 N–H and O–H groups in total. The van der Waals surface area contributed by atoms with E-state index < -0.39 is 46.1 Å². The number of carbonyl (C=O) groups is 4. The summed E-state index contributed by atoms with van der Waals surface area (Å²) in [6.45, 7) is 0. The van der Waals surface area contributed by atoms with Crippen molar-refractivity contribution >= 4 is 34.6 Å². The number of hydrogen-bond donors (Lipinski definition) is 0. The highest BCUT2D eigenvalue weighted by molar-refractivity contribution is 6.13. The highest BCUT2D eigenvalue weighted by atomic mass is 16.4. The van der Waals surface area contributed by atoms with E-state index in [1.54, 1.807) is 0 Å². The molecule has 0 atom stereocenters. The minimum Gasteiger partial charge on any atom is -0.545 e. The predicted octanol–water partition coefficient (Wildman–Crippen LogP) is -3.71. The molecule has 22 heavy (non-hydrogen) atoms. The maximum atomic E-state index is 11.1. The summed E-state index contributed by atoms with van der Waals surface area (Å²) >= 11 is 0. The molecule has 0 saturated heterocycles. The summed E-state index contributed by atoms with van der Waals surface area (Å²) in [5, 5.41) is 43.3. The molecule has 2 aromatic carbocycles.